The molecule has 1 amide bonds. The fourth-order valence-electron chi connectivity index (χ4n) is 1.83. The van der Waals surface area contributed by atoms with Crippen molar-refractivity contribution in [2.45, 2.75) is 0 Å². The standard InChI is InChI=1S/C15H15BrN2O2/c1-18(10-6-8-11(20-2)9-7-10)15(19)12-4-3-5-13(16)14(12)17/h3-9H,17H2,1-2H3. The van der Waals surface area contributed by atoms with Gasteiger partial charge in [0.2, 0.25) is 0 Å². The number of nitrogens with two attached hydrogens (primary N) is 1. The number of nitrogen functional groups attached to an aromatic ring is 1. The number of rotatable bonds is 3. The average Bonchev–Trinajstić information content (AvgIpc) is 2.48. The van der Waals surface area contributed by atoms with Crippen LogP contribution in [0.25, 0.3) is 0 Å². The first-order chi connectivity index (χ1) is 9.54. The molecule has 0 unspecified atom stereocenters. The van der Waals surface area contributed by atoms with Crippen molar-refractivity contribution in [2.75, 3.05) is 24.8 Å². The van der Waals surface area contributed by atoms with Gasteiger partial charge in [-0.25, -0.2) is 0 Å². The van der Waals surface area contributed by atoms with Crippen molar-refractivity contribution in [1.29, 1.82) is 0 Å². The maximum atomic E-state index is 12.5. The van der Waals surface area contributed by atoms with Crippen LogP contribution in [-0.4, -0.2) is 20.1 Å². The van der Waals surface area contributed by atoms with Gasteiger partial charge in [0.25, 0.3) is 5.91 Å². The Balaban J connectivity index is 2.29. The molecule has 0 heterocycles. The number of anilines is 2. The number of halogens is 1. The van der Waals surface area contributed by atoms with Gasteiger partial charge in [0.1, 0.15) is 5.75 Å². The van der Waals surface area contributed by atoms with Crippen LogP contribution in [0, 0.1) is 0 Å². The molecule has 0 saturated heterocycles. The second kappa shape index (κ2) is 5.96. The molecule has 20 heavy (non-hydrogen) atoms. The van der Waals surface area contributed by atoms with E-state index >= 15 is 0 Å². The lowest BCUT2D eigenvalue weighted by atomic mass is 10.1. The molecule has 0 saturated carbocycles. The molecule has 0 fully saturated rings. The highest BCUT2D eigenvalue weighted by atomic mass is 79.9. The van der Waals surface area contributed by atoms with Crippen LogP contribution >= 0.6 is 15.9 Å². The number of carbonyl (C=O) groups is 1. The molecule has 0 radical (unpaired) electrons. The quantitative estimate of drug-likeness (QED) is 0.876. The minimum absolute atomic E-state index is 0.158. The summed E-state index contributed by atoms with van der Waals surface area (Å²) < 4.78 is 5.81. The van der Waals surface area contributed by atoms with Gasteiger partial charge in [-0.05, 0) is 52.3 Å². The monoisotopic (exact) mass is 334 g/mol. The molecule has 2 aromatic rings. The highest BCUT2D eigenvalue weighted by Crippen LogP contribution is 2.26. The number of amides is 1. The van der Waals surface area contributed by atoms with Crippen LogP contribution in [0.1, 0.15) is 10.4 Å². The predicted molar refractivity (Wildman–Crippen MR) is 84.3 cm³/mol. The zero-order valence-electron chi connectivity index (χ0n) is 11.3. The number of hydrogen-bond acceptors (Lipinski definition) is 3. The number of para-hydroxylation sites is 1. The Kier molecular flexibility index (Phi) is 4.29. The lowest BCUT2D eigenvalue weighted by Crippen LogP contribution is -2.27. The van der Waals surface area contributed by atoms with Gasteiger partial charge in [0.05, 0.1) is 18.4 Å². The molecule has 2 rings (SSSR count). The molecule has 2 N–H and O–H groups in total. The molecule has 0 aliphatic rings. The van der Waals surface area contributed by atoms with E-state index in [4.69, 9.17) is 10.5 Å². The number of benzene rings is 2. The van der Waals surface area contributed by atoms with Crippen LogP contribution in [-0.2, 0) is 0 Å². The third kappa shape index (κ3) is 2.77. The Morgan fingerprint density at radius 3 is 2.45 bits per heavy atom. The molecule has 2 aromatic carbocycles. The molecule has 0 aliphatic heterocycles. The smallest absolute Gasteiger partial charge is 0.260 e. The maximum Gasteiger partial charge on any atom is 0.260 e. The molecular weight excluding hydrogens is 320 g/mol. The number of carbonyl (C=O) groups excluding carboxylic acids is 1. The van der Waals surface area contributed by atoms with Crippen LogP contribution in [0.15, 0.2) is 46.9 Å². The van der Waals surface area contributed by atoms with Gasteiger partial charge < -0.3 is 15.4 Å². The molecular formula is C15H15BrN2O2. The summed E-state index contributed by atoms with van der Waals surface area (Å²) >= 11 is 3.33. The van der Waals surface area contributed by atoms with Crippen molar-refractivity contribution in [3.05, 3.63) is 52.5 Å². The number of nitrogens with zero attached hydrogens (tertiary/aromatic N) is 1. The van der Waals surface area contributed by atoms with E-state index in [2.05, 4.69) is 15.9 Å². The SMILES string of the molecule is COc1ccc(N(C)C(=O)c2cccc(Br)c2N)cc1. The van der Waals surface area contributed by atoms with Crippen LogP contribution in [0.4, 0.5) is 11.4 Å². The Labute approximate surface area is 126 Å². The van der Waals surface area contributed by atoms with Gasteiger partial charge in [-0.3, -0.25) is 4.79 Å². The minimum Gasteiger partial charge on any atom is -0.497 e. The fraction of sp³-hybridized carbons (Fsp3) is 0.133. The minimum atomic E-state index is -0.158. The Morgan fingerprint density at radius 1 is 1.20 bits per heavy atom. The Bertz CT molecular complexity index is 626. The van der Waals surface area contributed by atoms with E-state index in [-0.39, 0.29) is 5.91 Å². The molecule has 4 nitrogen and oxygen atoms in total. The molecule has 104 valence electrons. The van der Waals surface area contributed by atoms with Crippen molar-refractivity contribution in [1.82, 2.24) is 0 Å². The second-order valence-corrected chi connectivity index (χ2v) is 5.12. The van der Waals surface area contributed by atoms with Gasteiger partial charge in [0.15, 0.2) is 0 Å². The lowest BCUT2D eigenvalue weighted by molar-refractivity contribution is 0.0994. The van der Waals surface area contributed by atoms with Crippen LogP contribution < -0.4 is 15.4 Å². The van der Waals surface area contributed by atoms with E-state index in [1.165, 1.54) is 0 Å². The third-order valence-corrected chi connectivity index (χ3v) is 3.74. The predicted octanol–water partition coefficient (Wildman–Crippen LogP) is 3.32. The van der Waals surface area contributed by atoms with Crippen molar-refractivity contribution in [3.8, 4) is 5.75 Å². The Hall–Kier alpha value is -2.01. The van der Waals surface area contributed by atoms with Gasteiger partial charge >= 0.3 is 0 Å². The summed E-state index contributed by atoms with van der Waals surface area (Å²) in [6.07, 6.45) is 0. The van der Waals surface area contributed by atoms with Gasteiger partial charge in [0, 0.05) is 17.2 Å². The second-order valence-electron chi connectivity index (χ2n) is 4.26. The first kappa shape index (κ1) is 14.4. The normalized spacial score (nSPS) is 10.2. The van der Waals surface area contributed by atoms with Crippen molar-refractivity contribution < 1.29 is 9.53 Å². The van der Waals surface area contributed by atoms with Crippen molar-refractivity contribution in [2.24, 2.45) is 0 Å². The van der Waals surface area contributed by atoms with E-state index in [0.29, 0.717) is 15.7 Å². The highest BCUT2D eigenvalue weighted by Gasteiger charge is 2.17. The van der Waals surface area contributed by atoms with E-state index in [1.807, 2.05) is 24.3 Å². The fourth-order valence-corrected chi connectivity index (χ4v) is 2.19. The highest BCUT2D eigenvalue weighted by molar-refractivity contribution is 9.10. The summed E-state index contributed by atoms with van der Waals surface area (Å²) in [5, 5.41) is 0. The molecule has 0 atom stereocenters. The van der Waals surface area contributed by atoms with E-state index in [1.54, 1.807) is 37.3 Å². The summed E-state index contributed by atoms with van der Waals surface area (Å²) in [6.45, 7) is 0. The topological polar surface area (TPSA) is 55.6 Å². The van der Waals surface area contributed by atoms with Gasteiger partial charge in [-0.2, -0.15) is 0 Å². The van der Waals surface area contributed by atoms with Gasteiger partial charge in [-0.1, -0.05) is 6.07 Å². The van der Waals surface area contributed by atoms with Crippen LogP contribution in [0.3, 0.4) is 0 Å². The zero-order valence-corrected chi connectivity index (χ0v) is 12.8. The van der Waals surface area contributed by atoms with Crippen LogP contribution in [0.5, 0.6) is 5.75 Å². The molecule has 5 heteroatoms. The number of ether oxygens (including phenoxy) is 1. The zero-order chi connectivity index (χ0) is 14.7. The van der Waals surface area contributed by atoms with Gasteiger partial charge in [-0.15, -0.1) is 0 Å². The van der Waals surface area contributed by atoms with E-state index < -0.39 is 0 Å². The lowest BCUT2D eigenvalue weighted by Gasteiger charge is -2.19. The van der Waals surface area contributed by atoms with Crippen molar-refractivity contribution >= 4 is 33.2 Å². The molecule has 0 aliphatic carbocycles. The molecule has 0 spiro atoms. The molecule has 0 bridgehead atoms. The van der Waals surface area contributed by atoms with Crippen molar-refractivity contribution in [3.63, 3.8) is 0 Å². The number of methoxy groups -OCH3 is 1. The van der Waals surface area contributed by atoms with E-state index in [9.17, 15) is 4.79 Å². The summed E-state index contributed by atoms with van der Waals surface area (Å²) in [6, 6.07) is 12.6. The third-order valence-electron chi connectivity index (χ3n) is 3.05. The molecule has 0 aromatic heterocycles. The average molecular weight is 335 g/mol. The Morgan fingerprint density at radius 2 is 1.85 bits per heavy atom. The first-order valence-corrected chi connectivity index (χ1v) is 6.80. The summed E-state index contributed by atoms with van der Waals surface area (Å²) in [7, 11) is 3.32. The number of hydrogen-bond donors (Lipinski definition) is 1. The summed E-state index contributed by atoms with van der Waals surface area (Å²) in [5.74, 6) is 0.588. The maximum absolute atomic E-state index is 12.5. The summed E-state index contributed by atoms with van der Waals surface area (Å²) in [5.41, 5.74) is 7.62. The summed E-state index contributed by atoms with van der Waals surface area (Å²) in [4.78, 5) is 14.0. The first-order valence-electron chi connectivity index (χ1n) is 6.00. The van der Waals surface area contributed by atoms with Crippen LogP contribution in [0.2, 0.25) is 0 Å². The largest absolute Gasteiger partial charge is 0.497 e. The van der Waals surface area contributed by atoms with E-state index in [0.717, 1.165) is 11.4 Å².